The predicted octanol–water partition coefficient (Wildman–Crippen LogP) is 4.09. The quantitative estimate of drug-likeness (QED) is 0.554. The normalized spacial score (nSPS) is 16.5. The van der Waals surface area contributed by atoms with Crippen LogP contribution < -0.4 is 9.62 Å². The minimum atomic E-state index is -3.96. The lowest BCUT2D eigenvalue weighted by Gasteiger charge is -2.33. The Labute approximate surface area is 194 Å². The summed E-state index contributed by atoms with van der Waals surface area (Å²) in [6.45, 7) is 7.19. The third kappa shape index (κ3) is 5.84. The molecule has 0 amide bonds. The van der Waals surface area contributed by atoms with Crippen LogP contribution in [0.25, 0.3) is 0 Å². The summed E-state index contributed by atoms with van der Waals surface area (Å²) in [5.41, 5.74) is 1.45. The highest BCUT2D eigenvalue weighted by atomic mass is 32.2. The van der Waals surface area contributed by atoms with Gasteiger partial charge in [-0.1, -0.05) is 26.0 Å². The van der Waals surface area contributed by atoms with Crippen LogP contribution in [0.15, 0.2) is 47.4 Å². The number of piperidine rings is 1. The number of sulfonamides is 1. The van der Waals surface area contributed by atoms with Crippen LogP contribution in [0.1, 0.15) is 55.5 Å². The lowest BCUT2D eigenvalue weighted by molar-refractivity contribution is -0.148. The standard InChI is InChI=1S/C24H30N2O6S/c1-4-32-24(29)18-6-5-13-26(15-18)19-9-12-22(21(14-19)23(27)28)25-33(30,31)20-10-7-17(8-11-20)16(2)3/h7-12,14,16,18,25H,4-6,13,15H2,1-3H3,(H,27,28)/t18-/m1/s1. The van der Waals surface area contributed by atoms with Crippen molar-refractivity contribution in [3.05, 3.63) is 53.6 Å². The van der Waals surface area contributed by atoms with E-state index in [2.05, 4.69) is 4.72 Å². The zero-order valence-electron chi connectivity index (χ0n) is 19.1. The summed E-state index contributed by atoms with van der Waals surface area (Å²) in [7, 11) is -3.96. The van der Waals surface area contributed by atoms with Crippen molar-refractivity contribution in [3.8, 4) is 0 Å². The van der Waals surface area contributed by atoms with Crippen LogP contribution in [0.5, 0.6) is 0 Å². The lowest BCUT2D eigenvalue weighted by Crippen LogP contribution is -2.39. The van der Waals surface area contributed by atoms with Gasteiger partial charge in [0.15, 0.2) is 0 Å². The SMILES string of the molecule is CCOC(=O)[C@@H]1CCCN(c2ccc(NS(=O)(=O)c3ccc(C(C)C)cc3)c(C(=O)O)c2)C1. The number of nitrogens with one attached hydrogen (secondary N) is 1. The zero-order chi connectivity index (χ0) is 24.2. The summed E-state index contributed by atoms with van der Waals surface area (Å²) in [5.74, 6) is -1.52. The Kier molecular flexibility index (Phi) is 7.63. The zero-order valence-corrected chi connectivity index (χ0v) is 19.9. The van der Waals surface area contributed by atoms with Gasteiger partial charge < -0.3 is 14.7 Å². The van der Waals surface area contributed by atoms with E-state index in [9.17, 15) is 23.1 Å². The summed E-state index contributed by atoms with van der Waals surface area (Å²) in [4.78, 5) is 26.1. The van der Waals surface area contributed by atoms with Gasteiger partial charge >= 0.3 is 11.9 Å². The van der Waals surface area contributed by atoms with E-state index in [4.69, 9.17) is 4.74 Å². The van der Waals surface area contributed by atoms with Crippen LogP contribution >= 0.6 is 0 Å². The number of aromatic carboxylic acids is 1. The maximum absolute atomic E-state index is 12.9. The Bertz CT molecular complexity index is 1110. The number of esters is 1. The maximum Gasteiger partial charge on any atom is 0.337 e. The van der Waals surface area contributed by atoms with E-state index in [1.807, 2.05) is 18.7 Å². The highest BCUT2D eigenvalue weighted by Gasteiger charge is 2.28. The molecule has 178 valence electrons. The number of ether oxygens (including phenoxy) is 1. The molecule has 0 aliphatic carbocycles. The second kappa shape index (κ2) is 10.2. The number of nitrogens with zero attached hydrogens (tertiary/aromatic N) is 1. The smallest absolute Gasteiger partial charge is 0.337 e. The van der Waals surface area contributed by atoms with Gasteiger partial charge in [-0.05, 0) is 61.6 Å². The van der Waals surface area contributed by atoms with Crippen molar-refractivity contribution < 1.29 is 27.9 Å². The van der Waals surface area contributed by atoms with Crippen molar-refractivity contribution in [1.29, 1.82) is 0 Å². The number of benzene rings is 2. The van der Waals surface area contributed by atoms with E-state index in [1.165, 1.54) is 24.3 Å². The van der Waals surface area contributed by atoms with E-state index in [0.29, 0.717) is 31.8 Å². The second-order valence-corrected chi connectivity index (χ2v) is 10.1. The topological polar surface area (TPSA) is 113 Å². The van der Waals surface area contributed by atoms with Gasteiger partial charge in [0.2, 0.25) is 0 Å². The average Bonchev–Trinajstić information content (AvgIpc) is 2.79. The first kappa shape index (κ1) is 24.6. The van der Waals surface area contributed by atoms with Crippen LogP contribution in [0.3, 0.4) is 0 Å². The van der Waals surface area contributed by atoms with Gasteiger partial charge in [0, 0.05) is 18.8 Å². The summed E-state index contributed by atoms with van der Waals surface area (Å²) >= 11 is 0. The van der Waals surface area contributed by atoms with Crippen molar-refractivity contribution in [1.82, 2.24) is 0 Å². The van der Waals surface area contributed by atoms with Gasteiger partial charge in [-0.25, -0.2) is 13.2 Å². The predicted molar refractivity (Wildman–Crippen MR) is 126 cm³/mol. The van der Waals surface area contributed by atoms with Gasteiger partial charge in [-0.3, -0.25) is 9.52 Å². The summed E-state index contributed by atoms with van der Waals surface area (Å²) in [6.07, 6.45) is 1.49. The van der Waals surface area contributed by atoms with Gasteiger partial charge in [0.1, 0.15) is 0 Å². The molecule has 2 aromatic carbocycles. The molecule has 3 rings (SSSR count). The van der Waals surface area contributed by atoms with E-state index in [-0.39, 0.29) is 34.0 Å². The summed E-state index contributed by atoms with van der Waals surface area (Å²) in [5, 5.41) is 9.74. The molecule has 0 saturated carbocycles. The second-order valence-electron chi connectivity index (χ2n) is 8.40. The highest BCUT2D eigenvalue weighted by Crippen LogP contribution is 2.29. The molecule has 1 heterocycles. The summed E-state index contributed by atoms with van der Waals surface area (Å²) < 4.78 is 33.2. The molecule has 1 aliphatic heterocycles. The third-order valence-electron chi connectivity index (χ3n) is 5.74. The molecule has 9 heteroatoms. The Morgan fingerprint density at radius 3 is 2.48 bits per heavy atom. The molecular weight excluding hydrogens is 444 g/mol. The molecule has 1 fully saturated rings. The average molecular weight is 475 g/mol. The van der Waals surface area contributed by atoms with E-state index in [0.717, 1.165) is 12.0 Å². The molecule has 0 unspecified atom stereocenters. The largest absolute Gasteiger partial charge is 0.478 e. The fourth-order valence-electron chi connectivity index (χ4n) is 3.89. The lowest BCUT2D eigenvalue weighted by atomic mass is 9.97. The van der Waals surface area contributed by atoms with Gasteiger partial charge in [0.05, 0.1) is 28.7 Å². The number of rotatable bonds is 8. The Morgan fingerprint density at radius 2 is 1.88 bits per heavy atom. The minimum Gasteiger partial charge on any atom is -0.478 e. The Hall–Kier alpha value is -3.07. The number of carbonyl (C=O) groups excluding carboxylic acids is 1. The number of hydrogen-bond donors (Lipinski definition) is 2. The Balaban J connectivity index is 1.84. The van der Waals surface area contributed by atoms with Crippen molar-refractivity contribution in [2.24, 2.45) is 5.92 Å². The van der Waals surface area contributed by atoms with E-state index >= 15 is 0 Å². The van der Waals surface area contributed by atoms with Crippen LogP contribution in [-0.2, 0) is 19.6 Å². The molecule has 2 N–H and O–H groups in total. The fraction of sp³-hybridized carbons (Fsp3) is 0.417. The van der Waals surface area contributed by atoms with Crippen LogP contribution in [0, 0.1) is 5.92 Å². The first-order chi connectivity index (χ1) is 15.6. The highest BCUT2D eigenvalue weighted by molar-refractivity contribution is 7.92. The van der Waals surface area contributed by atoms with E-state index < -0.39 is 16.0 Å². The summed E-state index contributed by atoms with van der Waals surface area (Å²) in [6, 6.07) is 11.1. The fourth-order valence-corrected chi connectivity index (χ4v) is 4.97. The molecule has 0 radical (unpaired) electrons. The number of carboxylic acids is 1. The van der Waals surface area contributed by atoms with E-state index in [1.54, 1.807) is 25.1 Å². The first-order valence-electron chi connectivity index (χ1n) is 11.0. The van der Waals surface area contributed by atoms with Crippen LogP contribution in [0.4, 0.5) is 11.4 Å². The molecule has 0 bridgehead atoms. The molecular formula is C24H30N2O6S. The van der Waals surface area contributed by atoms with Crippen molar-refractivity contribution in [2.45, 2.75) is 44.4 Å². The number of carbonyl (C=O) groups is 2. The molecule has 1 atom stereocenters. The van der Waals surface area contributed by atoms with Gasteiger partial charge in [-0.15, -0.1) is 0 Å². The molecule has 1 aliphatic rings. The molecule has 8 nitrogen and oxygen atoms in total. The molecule has 1 saturated heterocycles. The molecule has 2 aromatic rings. The third-order valence-corrected chi connectivity index (χ3v) is 7.12. The van der Waals surface area contributed by atoms with Crippen LogP contribution in [0.2, 0.25) is 0 Å². The van der Waals surface area contributed by atoms with Crippen LogP contribution in [-0.4, -0.2) is 45.2 Å². The maximum atomic E-state index is 12.9. The first-order valence-corrected chi connectivity index (χ1v) is 12.5. The number of carboxylic acid groups (broad SMARTS) is 1. The van der Waals surface area contributed by atoms with Crippen molar-refractivity contribution in [3.63, 3.8) is 0 Å². The Morgan fingerprint density at radius 1 is 1.18 bits per heavy atom. The number of anilines is 2. The van der Waals surface area contributed by atoms with Crippen molar-refractivity contribution in [2.75, 3.05) is 29.3 Å². The molecule has 0 spiro atoms. The van der Waals surface area contributed by atoms with Gasteiger partial charge in [-0.2, -0.15) is 0 Å². The van der Waals surface area contributed by atoms with Crippen molar-refractivity contribution >= 4 is 33.3 Å². The molecule has 0 aromatic heterocycles. The molecule has 33 heavy (non-hydrogen) atoms. The monoisotopic (exact) mass is 474 g/mol. The number of hydrogen-bond acceptors (Lipinski definition) is 6. The minimum absolute atomic E-state index is 0.0156. The van der Waals surface area contributed by atoms with Gasteiger partial charge in [0.25, 0.3) is 10.0 Å².